The summed E-state index contributed by atoms with van der Waals surface area (Å²) in [5.74, 6) is -0.361. The number of hydrogen-bond acceptors (Lipinski definition) is 3. The summed E-state index contributed by atoms with van der Waals surface area (Å²) in [6.45, 7) is 0.902. The van der Waals surface area contributed by atoms with Gasteiger partial charge in [0.2, 0.25) is 0 Å². The van der Waals surface area contributed by atoms with E-state index in [1.807, 2.05) is 19.0 Å². The van der Waals surface area contributed by atoms with Gasteiger partial charge >= 0.3 is 5.97 Å². The minimum atomic E-state index is -1.04. The van der Waals surface area contributed by atoms with Crippen molar-refractivity contribution >= 4 is 16.8 Å². The molecule has 1 aromatic carbocycles. The summed E-state index contributed by atoms with van der Waals surface area (Å²) in [6.07, 6.45) is 0.861. The number of benzene rings is 1. The van der Waals surface area contributed by atoms with E-state index in [1.165, 1.54) is 12.1 Å². The van der Waals surface area contributed by atoms with Gasteiger partial charge in [0.25, 0.3) is 0 Å². The number of carbonyl (C=O) groups is 1. The highest BCUT2D eigenvalue weighted by atomic mass is 32.2. The van der Waals surface area contributed by atoms with Crippen LogP contribution < -0.4 is 0 Å². The number of hydrogen-bond donors (Lipinski definition) is 1. The second-order valence-corrected chi connectivity index (χ2v) is 5.61. The fourth-order valence-electron chi connectivity index (χ4n) is 1.38. The standard InChI is InChI=1S/C12H17NO3S/c1-13(2)8-3-9-17(16)11-6-4-10(5-7-11)12(14)15/h4-7H,3,8-9H2,1-2H3,(H,14,15). The van der Waals surface area contributed by atoms with Gasteiger partial charge in [-0.1, -0.05) is 0 Å². The summed E-state index contributed by atoms with van der Waals surface area (Å²) in [6, 6.07) is 6.22. The van der Waals surface area contributed by atoms with Crippen LogP contribution in [0.25, 0.3) is 0 Å². The molecule has 0 spiro atoms. The first-order valence-corrected chi connectivity index (χ1v) is 6.69. The van der Waals surface area contributed by atoms with Crippen molar-refractivity contribution in [1.82, 2.24) is 4.90 Å². The molecule has 0 saturated heterocycles. The van der Waals surface area contributed by atoms with E-state index in [9.17, 15) is 9.00 Å². The second-order valence-electron chi connectivity index (χ2n) is 4.04. The van der Waals surface area contributed by atoms with Gasteiger partial charge in [-0.25, -0.2) is 4.79 Å². The maximum absolute atomic E-state index is 11.9. The highest BCUT2D eigenvalue weighted by Gasteiger charge is 2.06. The molecule has 0 bridgehead atoms. The van der Waals surface area contributed by atoms with Gasteiger partial charge in [0, 0.05) is 10.6 Å². The number of rotatable bonds is 6. The second kappa shape index (κ2) is 6.51. The van der Waals surface area contributed by atoms with Crippen LogP contribution in [0.5, 0.6) is 0 Å². The van der Waals surface area contributed by atoms with Crippen molar-refractivity contribution in [3.8, 4) is 0 Å². The van der Waals surface area contributed by atoms with Crippen LogP contribution in [0.1, 0.15) is 16.8 Å². The number of carboxylic acids is 1. The predicted molar refractivity (Wildman–Crippen MR) is 67.8 cm³/mol. The molecule has 1 atom stereocenters. The Kier molecular flexibility index (Phi) is 5.31. The summed E-state index contributed by atoms with van der Waals surface area (Å²) in [5.41, 5.74) is 0.221. The van der Waals surface area contributed by atoms with Gasteiger partial charge in [0.05, 0.1) is 16.4 Å². The van der Waals surface area contributed by atoms with Crippen LogP contribution in [0, 0.1) is 0 Å². The van der Waals surface area contributed by atoms with Crippen LogP contribution >= 0.6 is 0 Å². The molecule has 5 heteroatoms. The van der Waals surface area contributed by atoms with Crippen LogP contribution in [-0.4, -0.2) is 46.6 Å². The van der Waals surface area contributed by atoms with E-state index >= 15 is 0 Å². The molecule has 0 amide bonds. The van der Waals surface area contributed by atoms with Crippen molar-refractivity contribution in [3.63, 3.8) is 0 Å². The van der Waals surface area contributed by atoms with E-state index in [0.717, 1.165) is 13.0 Å². The molecule has 0 heterocycles. The Morgan fingerprint density at radius 2 is 1.88 bits per heavy atom. The molecule has 0 aliphatic rings. The lowest BCUT2D eigenvalue weighted by Gasteiger charge is -2.08. The zero-order chi connectivity index (χ0) is 12.8. The Morgan fingerprint density at radius 1 is 1.29 bits per heavy atom. The lowest BCUT2D eigenvalue weighted by Crippen LogP contribution is -2.15. The Balaban J connectivity index is 2.55. The predicted octanol–water partition coefficient (Wildman–Crippen LogP) is 1.44. The number of nitrogens with zero attached hydrogens (tertiary/aromatic N) is 1. The zero-order valence-corrected chi connectivity index (χ0v) is 10.9. The highest BCUT2D eigenvalue weighted by molar-refractivity contribution is 7.85. The highest BCUT2D eigenvalue weighted by Crippen LogP contribution is 2.10. The molecule has 1 unspecified atom stereocenters. The Labute approximate surface area is 104 Å². The molecule has 0 saturated carbocycles. The van der Waals surface area contributed by atoms with Crippen LogP contribution in [0.4, 0.5) is 0 Å². The van der Waals surface area contributed by atoms with Crippen molar-refractivity contribution in [2.24, 2.45) is 0 Å². The molecule has 0 aromatic heterocycles. The average Bonchev–Trinajstić information content (AvgIpc) is 2.28. The van der Waals surface area contributed by atoms with Gasteiger partial charge in [0.15, 0.2) is 0 Å². The van der Waals surface area contributed by atoms with Crippen molar-refractivity contribution in [1.29, 1.82) is 0 Å². The summed E-state index contributed by atoms with van der Waals surface area (Å²) in [5, 5.41) is 8.74. The topological polar surface area (TPSA) is 57.6 Å². The zero-order valence-electron chi connectivity index (χ0n) is 10.0. The van der Waals surface area contributed by atoms with E-state index in [4.69, 9.17) is 5.11 Å². The Morgan fingerprint density at radius 3 is 2.35 bits per heavy atom. The fraction of sp³-hybridized carbons (Fsp3) is 0.417. The number of aromatic carboxylic acids is 1. The first-order chi connectivity index (χ1) is 8.00. The maximum Gasteiger partial charge on any atom is 0.335 e. The molecule has 1 N–H and O–H groups in total. The van der Waals surface area contributed by atoms with E-state index in [-0.39, 0.29) is 5.56 Å². The summed E-state index contributed by atoms with van der Waals surface area (Å²) in [4.78, 5) is 13.4. The third-order valence-corrected chi connectivity index (χ3v) is 3.76. The van der Waals surface area contributed by atoms with Gasteiger partial charge in [-0.05, 0) is 51.3 Å². The fourth-order valence-corrected chi connectivity index (χ4v) is 2.45. The van der Waals surface area contributed by atoms with Crippen molar-refractivity contribution < 1.29 is 14.1 Å². The van der Waals surface area contributed by atoms with Crippen molar-refractivity contribution in [3.05, 3.63) is 29.8 Å². The molecule has 0 aliphatic heterocycles. The molecule has 4 nitrogen and oxygen atoms in total. The minimum Gasteiger partial charge on any atom is -0.478 e. The van der Waals surface area contributed by atoms with Gasteiger partial charge in [0.1, 0.15) is 0 Å². The lowest BCUT2D eigenvalue weighted by molar-refractivity contribution is 0.0697. The van der Waals surface area contributed by atoms with Crippen LogP contribution in [0.2, 0.25) is 0 Å². The average molecular weight is 255 g/mol. The van der Waals surface area contributed by atoms with Crippen molar-refractivity contribution in [2.75, 3.05) is 26.4 Å². The van der Waals surface area contributed by atoms with Crippen LogP contribution in [-0.2, 0) is 10.8 Å². The Bertz CT molecular complexity index is 401. The monoisotopic (exact) mass is 255 g/mol. The smallest absolute Gasteiger partial charge is 0.335 e. The molecule has 0 radical (unpaired) electrons. The molecule has 94 valence electrons. The third-order valence-electron chi connectivity index (χ3n) is 2.30. The summed E-state index contributed by atoms with van der Waals surface area (Å²) < 4.78 is 11.9. The molecule has 1 rings (SSSR count). The number of carboxylic acid groups (broad SMARTS) is 1. The van der Waals surface area contributed by atoms with E-state index in [2.05, 4.69) is 0 Å². The van der Waals surface area contributed by atoms with Crippen LogP contribution in [0.15, 0.2) is 29.2 Å². The van der Waals surface area contributed by atoms with Gasteiger partial charge in [-0.3, -0.25) is 4.21 Å². The van der Waals surface area contributed by atoms with Crippen LogP contribution in [0.3, 0.4) is 0 Å². The van der Waals surface area contributed by atoms with Gasteiger partial charge < -0.3 is 10.0 Å². The SMILES string of the molecule is CN(C)CCCS(=O)c1ccc(C(=O)O)cc1. The molecule has 0 fully saturated rings. The lowest BCUT2D eigenvalue weighted by atomic mass is 10.2. The third kappa shape index (κ3) is 4.66. The van der Waals surface area contributed by atoms with Crippen molar-refractivity contribution in [2.45, 2.75) is 11.3 Å². The summed E-state index contributed by atoms with van der Waals surface area (Å²) >= 11 is 0. The minimum absolute atomic E-state index is 0.221. The maximum atomic E-state index is 11.9. The summed E-state index contributed by atoms with van der Waals surface area (Å²) in [7, 11) is 2.91. The first-order valence-electron chi connectivity index (χ1n) is 5.37. The van der Waals surface area contributed by atoms with Gasteiger partial charge in [-0.15, -0.1) is 0 Å². The first kappa shape index (κ1) is 13.9. The molecule has 0 aliphatic carbocycles. The Hall–Kier alpha value is -1.20. The molecular formula is C12H17NO3S. The molecular weight excluding hydrogens is 238 g/mol. The molecule has 1 aromatic rings. The normalized spacial score (nSPS) is 12.6. The van der Waals surface area contributed by atoms with E-state index < -0.39 is 16.8 Å². The largest absolute Gasteiger partial charge is 0.478 e. The quantitative estimate of drug-likeness (QED) is 0.835. The van der Waals surface area contributed by atoms with E-state index in [0.29, 0.717) is 10.6 Å². The van der Waals surface area contributed by atoms with Gasteiger partial charge in [-0.2, -0.15) is 0 Å². The molecule has 17 heavy (non-hydrogen) atoms. The van der Waals surface area contributed by atoms with E-state index in [1.54, 1.807) is 12.1 Å².